The monoisotopic (exact) mass is 350 g/mol. The van der Waals surface area contributed by atoms with Crippen molar-refractivity contribution in [3.63, 3.8) is 0 Å². The Balaban J connectivity index is 0.00000192. The minimum Gasteiger partial charge on any atom is -0.348 e. The molecule has 0 saturated heterocycles. The van der Waals surface area contributed by atoms with E-state index in [4.69, 9.17) is 5.73 Å². The molecule has 1 aliphatic rings. The van der Waals surface area contributed by atoms with Gasteiger partial charge in [0.2, 0.25) is 5.91 Å². The molecule has 3 unspecified atom stereocenters. The predicted octanol–water partition coefficient (Wildman–Crippen LogP) is 3.70. The zero-order chi connectivity index (χ0) is 15.4. The maximum Gasteiger partial charge on any atom is 0.223 e. The number of halogens is 1. The fourth-order valence-corrected chi connectivity index (χ4v) is 3.88. The largest absolute Gasteiger partial charge is 0.348 e. The van der Waals surface area contributed by atoms with Crippen molar-refractivity contribution in [3.05, 3.63) is 58.3 Å². The van der Waals surface area contributed by atoms with Crippen molar-refractivity contribution >= 4 is 29.7 Å². The van der Waals surface area contributed by atoms with Crippen molar-refractivity contribution in [1.82, 2.24) is 5.32 Å². The molecule has 1 amide bonds. The Kier molecular flexibility index (Phi) is 6.63. The summed E-state index contributed by atoms with van der Waals surface area (Å²) >= 11 is 1.70. The average Bonchev–Trinajstić information content (AvgIpc) is 3.19. The highest BCUT2D eigenvalue weighted by molar-refractivity contribution is 7.10. The van der Waals surface area contributed by atoms with Gasteiger partial charge < -0.3 is 11.1 Å². The van der Waals surface area contributed by atoms with Crippen LogP contribution in [-0.2, 0) is 11.2 Å². The number of carbonyl (C=O) groups excluding carboxylic acids is 1. The highest BCUT2D eigenvalue weighted by Gasteiger charge is 2.29. The normalized spacial score (nSPS) is 21.4. The summed E-state index contributed by atoms with van der Waals surface area (Å²) in [5, 5.41) is 5.31. The van der Waals surface area contributed by atoms with Gasteiger partial charge in [-0.25, -0.2) is 0 Å². The standard InChI is InChI=1S/C18H22N2OS.ClH/c19-15-9-8-14(12-15)18(21)20-16(17-7-4-10-22-17)11-13-5-2-1-3-6-13;/h1-7,10,14-16H,8-9,11-12,19H2,(H,20,21);1H. The molecule has 5 heteroatoms. The summed E-state index contributed by atoms with van der Waals surface area (Å²) < 4.78 is 0. The van der Waals surface area contributed by atoms with Crippen LogP contribution in [0.5, 0.6) is 0 Å². The fraction of sp³-hybridized carbons (Fsp3) is 0.389. The van der Waals surface area contributed by atoms with E-state index >= 15 is 0 Å². The summed E-state index contributed by atoms with van der Waals surface area (Å²) in [6.45, 7) is 0. The SMILES string of the molecule is Cl.NC1CCC(C(=O)NC(Cc2ccccc2)c2cccs2)C1. The van der Waals surface area contributed by atoms with Gasteiger partial charge in [-0.1, -0.05) is 36.4 Å². The number of hydrogen-bond donors (Lipinski definition) is 2. The van der Waals surface area contributed by atoms with Crippen LogP contribution in [0.25, 0.3) is 0 Å². The second kappa shape index (κ2) is 8.48. The minimum atomic E-state index is 0. The molecule has 3 nitrogen and oxygen atoms in total. The Morgan fingerprint density at radius 1 is 1.22 bits per heavy atom. The van der Waals surface area contributed by atoms with E-state index in [1.54, 1.807) is 11.3 Å². The van der Waals surface area contributed by atoms with Crippen LogP contribution in [-0.4, -0.2) is 11.9 Å². The smallest absolute Gasteiger partial charge is 0.223 e. The van der Waals surface area contributed by atoms with Crippen molar-refractivity contribution in [3.8, 4) is 0 Å². The van der Waals surface area contributed by atoms with Gasteiger partial charge in [0.25, 0.3) is 0 Å². The maximum atomic E-state index is 12.5. The predicted molar refractivity (Wildman–Crippen MR) is 97.9 cm³/mol. The number of rotatable bonds is 5. The Morgan fingerprint density at radius 3 is 2.61 bits per heavy atom. The first-order chi connectivity index (χ1) is 10.7. The molecule has 0 aliphatic heterocycles. The van der Waals surface area contributed by atoms with E-state index < -0.39 is 0 Å². The molecule has 1 fully saturated rings. The fourth-order valence-electron chi connectivity index (χ4n) is 3.11. The summed E-state index contributed by atoms with van der Waals surface area (Å²) in [6.07, 6.45) is 3.51. The molecular formula is C18H23ClN2OS. The van der Waals surface area contributed by atoms with E-state index in [1.165, 1.54) is 10.4 Å². The lowest BCUT2D eigenvalue weighted by Crippen LogP contribution is -2.34. The van der Waals surface area contributed by atoms with Gasteiger partial charge in [-0.05, 0) is 42.7 Å². The van der Waals surface area contributed by atoms with Crippen LogP contribution >= 0.6 is 23.7 Å². The molecule has 0 bridgehead atoms. The molecule has 1 aromatic heterocycles. The lowest BCUT2D eigenvalue weighted by atomic mass is 10.0. The maximum absolute atomic E-state index is 12.5. The summed E-state index contributed by atoms with van der Waals surface area (Å²) in [5.74, 6) is 0.232. The van der Waals surface area contributed by atoms with E-state index in [0.717, 1.165) is 25.7 Å². The molecule has 1 aliphatic carbocycles. The quantitative estimate of drug-likeness (QED) is 0.863. The molecule has 3 rings (SSSR count). The molecule has 23 heavy (non-hydrogen) atoms. The lowest BCUT2D eigenvalue weighted by molar-refractivity contribution is -0.125. The van der Waals surface area contributed by atoms with E-state index in [2.05, 4.69) is 28.9 Å². The summed E-state index contributed by atoms with van der Waals surface area (Å²) in [5.41, 5.74) is 7.17. The lowest BCUT2D eigenvalue weighted by Gasteiger charge is -2.20. The molecule has 124 valence electrons. The first-order valence-electron chi connectivity index (χ1n) is 7.85. The van der Waals surface area contributed by atoms with Crippen LogP contribution in [0, 0.1) is 5.92 Å². The third-order valence-corrected chi connectivity index (χ3v) is 5.32. The van der Waals surface area contributed by atoms with Gasteiger partial charge >= 0.3 is 0 Å². The van der Waals surface area contributed by atoms with Gasteiger partial charge in [0.1, 0.15) is 0 Å². The molecule has 1 saturated carbocycles. The van der Waals surface area contributed by atoms with Gasteiger partial charge in [0, 0.05) is 16.8 Å². The van der Waals surface area contributed by atoms with Crippen molar-refractivity contribution in [2.75, 3.05) is 0 Å². The van der Waals surface area contributed by atoms with Gasteiger partial charge in [0.05, 0.1) is 6.04 Å². The third kappa shape index (κ3) is 4.80. The van der Waals surface area contributed by atoms with Crippen molar-refractivity contribution in [2.45, 2.75) is 37.8 Å². The second-order valence-corrected chi connectivity index (χ2v) is 7.02. The average molecular weight is 351 g/mol. The zero-order valence-corrected chi connectivity index (χ0v) is 14.6. The number of thiophene rings is 1. The van der Waals surface area contributed by atoms with Crippen LogP contribution in [0.2, 0.25) is 0 Å². The Labute approximate surface area is 147 Å². The molecule has 3 N–H and O–H groups in total. The van der Waals surface area contributed by atoms with E-state index in [9.17, 15) is 4.79 Å². The van der Waals surface area contributed by atoms with Crippen LogP contribution in [0.1, 0.15) is 35.7 Å². The van der Waals surface area contributed by atoms with Crippen molar-refractivity contribution in [2.24, 2.45) is 11.7 Å². The second-order valence-electron chi connectivity index (χ2n) is 6.04. The first kappa shape index (κ1) is 18.0. The van der Waals surface area contributed by atoms with E-state index in [-0.39, 0.29) is 36.3 Å². The number of carbonyl (C=O) groups is 1. The number of nitrogens with two attached hydrogens (primary N) is 1. The number of benzene rings is 1. The first-order valence-corrected chi connectivity index (χ1v) is 8.73. The Morgan fingerprint density at radius 2 is 2.00 bits per heavy atom. The number of hydrogen-bond acceptors (Lipinski definition) is 3. The summed E-state index contributed by atoms with van der Waals surface area (Å²) in [7, 11) is 0. The topological polar surface area (TPSA) is 55.1 Å². The molecule has 1 heterocycles. The molecule has 3 atom stereocenters. The summed E-state index contributed by atoms with van der Waals surface area (Å²) in [6, 6.07) is 14.7. The number of amides is 1. The van der Waals surface area contributed by atoms with Gasteiger partial charge in [0.15, 0.2) is 0 Å². The Hall–Kier alpha value is -1.36. The molecule has 1 aromatic carbocycles. The molecular weight excluding hydrogens is 328 g/mol. The van der Waals surface area contributed by atoms with Gasteiger partial charge in [-0.2, -0.15) is 0 Å². The van der Waals surface area contributed by atoms with Crippen LogP contribution in [0.15, 0.2) is 47.8 Å². The van der Waals surface area contributed by atoms with Gasteiger partial charge in [-0.3, -0.25) is 4.79 Å². The summed E-state index contributed by atoms with van der Waals surface area (Å²) in [4.78, 5) is 13.7. The zero-order valence-electron chi connectivity index (χ0n) is 13.0. The molecule has 0 spiro atoms. The van der Waals surface area contributed by atoms with Crippen LogP contribution < -0.4 is 11.1 Å². The van der Waals surface area contributed by atoms with Crippen LogP contribution in [0.3, 0.4) is 0 Å². The van der Waals surface area contributed by atoms with E-state index in [1.807, 2.05) is 24.3 Å². The third-order valence-electron chi connectivity index (χ3n) is 4.33. The highest BCUT2D eigenvalue weighted by atomic mass is 35.5. The Bertz CT molecular complexity index is 603. The van der Waals surface area contributed by atoms with Crippen molar-refractivity contribution < 1.29 is 4.79 Å². The van der Waals surface area contributed by atoms with Crippen LogP contribution in [0.4, 0.5) is 0 Å². The van der Waals surface area contributed by atoms with Gasteiger partial charge in [-0.15, -0.1) is 23.7 Å². The van der Waals surface area contributed by atoms with Crippen molar-refractivity contribution in [1.29, 1.82) is 0 Å². The highest BCUT2D eigenvalue weighted by Crippen LogP contribution is 2.27. The number of nitrogens with one attached hydrogen (secondary N) is 1. The minimum absolute atomic E-state index is 0. The molecule has 0 radical (unpaired) electrons. The molecule has 2 aromatic rings. The van der Waals surface area contributed by atoms with E-state index in [0.29, 0.717) is 0 Å².